The molecule has 0 bridgehead atoms. The number of hydrogen-bond acceptors (Lipinski definition) is 4. The molecular formula is C17H24O4. The van der Waals surface area contributed by atoms with Crippen LogP contribution in [0.4, 0.5) is 0 Å². The summed E-state index contributed by atoms with van der Waals surface area (Å²) in [6, 6.07) is 0. The molecule has 0 aromatic carbocycles. The van der Waals surface area contributed by atoms with Gasteiger partial charge in [0.2, 0.25) is 0 Å². The number of fused-ring (bicyclic) bond motifs is 1. The summed E-state index contributed by atoms with van der Waals surface area (Å²) in [5.41, 5.74) is 2.17. The lowest BCUT2D eigenvalue weighted by Crippen LogP contribution is -2.35. The van der Waals surface area contributed by atoms with E-state index in [2.05, 4.69) is 0 Å². The van der Waals surface area contributed by atoms with Crippen LogP contribution in [-0.2, 0) is 19.0 Å². The number of carbonyl (C=O) groups excluding carboxylic acids is 1. The fourth-order valence-corrected chi connectivity index (χ4v) is 3.30. The Morgan fingerprint density at radius 2 is 1.86 bits per heavy atom. The van der Waals surface area contributed by atoms with Crippen molar-refractivity contribution in [3.8, 4) is 0 Å². The van der Waals surface area contributed by atoms with Gasteiger partial charge in [-0.1, -0.05) is 5.57 Å². The van der Waals surface area contributed by atoms with Gasteiger partial charge in [-0.25, -0.2) is 0 Å². The molecule has 0 saturated heterocycles. The standard InChI is InChI=1S/C17H24O4/c1-17(2,3)21-16(18)13-10-11-6-4-5-7-12(11)14-15(13)20-9-8-19-14/h13H,4-10H2,1-3H3. The van der Waals surface area contributed by atoms with Crippen LogP contribution in [0.25, 0.3) is 0 Å². The molecule has 0 spiro atoms. The van der Waals surface area contributed by atoms with Gasteiger partial charge in [0.15, 0.2) is 11.5 Å². The highest BCUT2D eigenvalue weighted by molar-refractivity contribution is 5.77. The van der Waals surface area contributed by atoms with E-state index in [9.17, 15) is 4.79 Å². The molecule has 3 aliphatic rings. The lowest BCUT2D eigenvalue weighted by atomic mass is 9.79. The third-order valence-corrected chi connectivity index (χ3v) is 4.13. The van der Waals surface area contributed by atoms with Crippen molar-refractivity contribution in [2.24, 2.45) is 5.92 Å². The van der Waals surface area contributed by atoms with Crippen LogP contribution in [0.5, 0.6) is 0 Å². The molecule has 0 fully saturated rings. The van der Waals surface area contributed by atoms with Gasteiger partial charge in [-0.3, -0.25) is 4.79 Å². The maximum absolute atomic E-state index is 12.5. The lowest BCUT2D eigenvalue weighted by Gasteiger charge is -2.36. The van der Waals surface area contributed by atoms with Crippen molar-refractivity contribution in [3.63, 3.8) is 0 Å². The summed E-state index contributed by atoms with van der Waals surface area (Å²) in [5, 5.41) is 0. The Labute approximate surface area is 126 Å². The second-order valence-electron chi connectivity index (χ2n) is 6.97. The molecular weight excluding hydrogens is 268 g/mol. The van der Waals surface area contributed by atoms with Crippen LogP contribution in [0, 0.1) is 5.92 Å². The molecule has 0 N–H and O–H groups in total. The Morgan fingerprint density at radius 3 is 2.62 bits per heavy atom. The summed E-state index contributed by atoms with van der Waals surface area (Å²) in [5.74, 6) is 1.00. The average Bonchev–Trinajstić information content (AvgIpc) is 2.44. The van der Waals surface area contributed by atoms with Crippen molar-refractivity contribution < 1.29 is 19.0 Å². The molecule has 4 heteroatoms. The molecule has 1 heterocycles. The minimum absolute atomic E-state index is 0.197. The van der Waals surface area contributed by atoms with Crippen LogP contribution >= 0.6 is 0 Å². The summed E-state index contributed by atoms with van der Waals surface area (Å²) in [4.78, 5) is 12.5. The van der Waals surface area contributed by atoms with Gasteiger partial charge in [-0.2, -0.15) is 0 Å². The lowest BCUT2D eigenvalue weighted by molar-refractivity contribution is -0.160. The van der Waals surface area contributed by atoms with E-state index in [0.717, 1.165) is 25.0 Å². The largest absolute Gasteiger partial charge is 0.490 e. The second-order valence-corrected chi connectivity index (χ2v) is 6.97. The summed E-state index contributed by atoms with van der Waals surface area (Å²) in [6.45, 7) is 6.77. The summed E-state index contributed by atoms with van der Waals surface area (Å²) in [6.07, 6.45) is 5.22. The van der Waals surface area contributed by atoms with E-state index in [1.54, 1.807) is 0 Å². The molecule has 21 heavy (non-hydrogen) atoms. The SMILES string of the molecule is CC(C)(C)OC(=O)C1CC2=C(CCCC2)C2=C1OCCO2. The minimum atomic E-state index is -0.478. The first-order valence-electron chi connectivity index (χ1n) is 7.89. The fourth-order valence-electron chi connectivity index (χ4n) is 3.30. The molecule has 1 unspecified atom stereocenters. The number of esters is 1. The zero-order valence-corrected chi connectivity index (χ0v) is 13.2. The zero-order valence-electron chi connectivity index (χ0n) is 13.2. The van der Waals surface area contributed by atoms with E-state index in [-0.39, 0.29) is 11.9 Å². The molecule has 4 nitrogen and oxygen atoms in total. The summed E-state index contributed by atoms with van der Waals surface area (Å²) in [7, 11) is 0. The highest BCUT2D eigenvalue weighted by atomic mass is 16.6. The van der Waals surface area contributed by atoms with Gasteiger partial charge in [0, 0.05) is 0 Å². The van der Waals surface area contributed by atoms with Gasteiger partial charge in [0.05, 0.1) is 0 Å². The molecule has 0 radical (unpaired) electrons. The fraction of sp³-hybridized carbons (Fsp3) is 0.706. The van der Waals surface area contributed by atoms with E-state index in [1.807, 2.05) is 20.8 Å². The van der Waals surface area contributed by atoms with Crippen molar-refractivity contribution in [1.29, 1.82) is 0 Å². The maximum Gasteiger partial charge on any atom is 0.317 e. The van der Waals surface area contributed by atoms with Crippen molar-refractivity contribution >= 4 is 5.97 Å². The monoisotopic (exact) mass is 292 g/mol. The highest BCUT2D eigenvalue weighted by Crippen LogP contribution is 2.44. The number of allylic oxidation sites excluding steroid dienone is 2. The van der Waals surface area contributed by atoms with E-state index < -0.39 is 5.60 Å². The topological polar surface area (TPSA) is 44.8 Å². The minimum Gasteiger partial charge on any atom is -0.490 e. The van der Waals surface area contributed by atoms with Crippen molar-refractivity contribution in [1.82, 2.24) is 0 Å². The summed E-state index contributed by atoms with van der Waals surface area (Å²) >= 11 is 0. The first-order chi connectivity index (χ1) is 9.96. The first kappa shape index (κ1) is 14.5. The van der Waals surface area contributed by atoms with Gasteiger partial charge < -0.3 is 14.2 Å². The normalized spacial score (nSPS) is 25.6. The van der Waals surface area contributed by atoms with Crippen molar-refractivity contribution in [3.05, 3.63) is 22.7 Å². The molecule has 0 saturated carbocycles. The molecule has 1 aliphatic heterocycles. The van der Waals surface area contributed by atoms with Gasteiger partial charge in [-0.05, 0) is 58.4 Å². The molecule has 3 rings (SSSR count). The number of ether oxygens (including phenoxy) is 3. The third-order valence-electron chi connectivity index (χ3n) is 4.13. The molecule has 0 aromatic heterocycles. The van der Waals surface area contributed by atoms with Crippen molar-refractivity contribution in [2.75, 3.05) is 13.2 Å². The van der Waals surface area contributed by atoms with Crippen LogP contribution in [0.1, 0.15) is 52.9 Å². The number of carbonyl (C=O) groups is 1. The van der Waals surface area contributed by atoms with Crippen LogP contribution in [-0.4, -0.2) is 24.8 Å². The first-order valence-corrected chi connectivity index (χ1v) is 7.89. The predicted molar refractivity (Wildman–Crippen MR) is 78.4 cm³/mol. The molecule has 0 aromatic rings. The molecule has 2 aliphatic carbocycles. The van der Waals surface area contributed by atoms with Crippen LogP contribution in [0.2, 0.25) is 0 Å². The maximum atomic E-state index is 12.5. The van der Waals surface area contributed by atoms with E-state index in [0.29, 0.717) is 19.0 Å². The molecule has 116 valence electrons. The van der Waals surface area contributed by atoms with Crippen LogP contribution < -0.4 is 0 Å². The second kappa shape index (κ2) is 5.39. The van der Waals surface area contributed by atoms with Crippen LogP contribution in [0.3, 0.4) is 0 Å². The van der Waals surface area contributed by atoms with Gasteiger partial charge >= 0.3 is 5.97 Å². The zero-order chi connectivity index (χ0) is 15.0. The number of hydrogen-bond donors (Lipinski definition) is 0. The Kier molecular flexibility index (Phi) is 3.72. The van der Waals surface area contributed by atoms with E-state index in [1.165, 1.54) is 24.0 Å². The third kappa shape index (κ3) is 2.94. The number of rotatable bonds is 1. The van der Waals surface area contributed by atoms with E-state index in [4.69, 9.17) is 14.2 Å². The van der Waals surface area contributed by atoms with Gasteiger partial charge in [0.1, 0.15) is 24.7 Å². The highest BCUT2D eigenvalue weighted by Gasteiger charge is 2.40. The molecule has 0 amide bonds. The van der Waals surface area contributed by atoms with Gasteiger partial charge in [0.25, 0.3) is 0 Å². The van der Waals surface area contributed by atoms with Gasteiger partial charge in [-0.15, -0.1) is 0 Å². The molecule has 1 atom stereocenters. The Bertz CT molecular complexity index is 507. The Hall–Kier alpha value is -1.45. The Morgan fingerprint density at radius 1 is 1.14 bits per heavy atom. The van der Waals surface area contributed by atoms with Crippen molar-refractivity contribution in [2.45, 2.75) is 58.5 Å². The summed E-state index contributed by atoms with van der Waals surface area (Å²) < 4.78 is 17.2. The smallest absolute Gasteiger partial charge is 0.317 e. The Balaban J connectivity index is 1.91. The quantitative estimate of drug-likeness (QED) is 0.694. The predicted octanol–water partition coefficient (Wildman–Crippen LogP) is 3.48. The van der Waals surface area contributed by atoms with E-state index >= 15 is 0 Å². The average molecular weight is 292 g/mol. The van der Waals surface area contributed by atoms with Crippen LogP contribution in [0.15, 0.2) is 22.7 Å².